The summed E-state index contributed by atoms with van der Waals surface area (Å²) in [6.07, 6.45) is 14.3. The topological polar surface area (TPSA) is 20.2 Å². The minimum atomic E-state index is -0.0834. The number of rotatable bonds is 8. The average molecular weight is 427 g/mol. The number of benzene rings is 2. The molecule has 0 radical (unpaired) electrons. The van der Waals surface area contributed by atoms with Gasteiger partial charge in [-0.15, -0.1) is 6.58 Å². The molecule has 1 nitrogen and oxygen atoms in total. The highest BCUT2D eigenvalue weighted by atomic mass is 35.5. The quantitative estimate of drug-likeness (QED) is 0.330. The molecule has 0 spiro atoms. The van der Waals surface area contributed by atoms with Crippen LogP contribution in [0.5, 0.6) is 5.75 Å². The first-order valence-corrected chi connectivity index (χ1v) is 10.4. The molecule has 2 aromatic carbocycles. The lowest BCUT2D eigenvalue weighted by atomic mass is 9.84. The summed E-state index contributed by atoms with van der Waals surface area (Å²) in [5.41, 5.74) is 3.92. The number of halogens is 2. The van der Waals surface area contributed by atoms with Crippen LogP contribution in [0.4, 0.5) is 0 Å². The predicted molar refractivity (Wildman–Crippen MR) is 129 cm³/mol. The molecule has 0 heterocycles. The van der Waals surface area contributed by atoms with Gasteiger partial charge in [0.15, 0.2) is 0 Å². The van der Waals surface area contributed by atoms with Gasteiger partial charge in [0.2, 0.25) is 0 Å². The fraction of sp³-hybridized carbons (Fsp3) is 0.231. The molecule has 29 heavy (non-hydrogen) atoms. The van der Waals surface area contributed by atoms with Crippen molar-refractivity contribution in [3.8, 4) is 5.75 Å². The first-order valence-electron chi connectivity index (χ1n) is 9.65. The van der Waals surface area contributed by atoms with Crippen molar-refractivity contribution in [1.29, 1.82) is 0 Å². The lowest BCUT2D eigenvalue weighted by Crippen LogP contribution is -2.08. The van der Waals surface area contributed by atoms with Gasteiger partial charge in [-0.25, -0.2) is 0 Å². The first-order chi connectivity index (χ1) is 13.7. The standard InChI is InChI=1S/C26H28Cl2O/c1-5-26(4,15-6-7-19(2)3)16-14-21-10-13-25(29)22(17-21)11-8-20-9-12-23(27)24(28)18-20/h5,7-14,16-18,29H,1,6,15H2,2-4H3/b11-8+,16-14+/t26-/m1/s1. The molecule has 0 saturated carbocycles. The van der Waals surface area contributed by atoms with Gasteiger partial charge in [-0.1, -0.05) is 84.3 Å². The van der Waals surface area contributed by atoms with Gasteiger partial charge in [0.05, 0.1) is 10.0 Å². The molecule has 0 amide bonds. The Morgan fingerprint density at radius 1 is 1.00 bits per heavy atom. The molecule has 0 aliphatic rings. The number of hydrogen-bond donors (Lipinski definition) is 1. The van der Waals surface area contributed by atoms with Crippen molar-refractivity contribution in [2.75, 3.05) is 0 Å². The largest absolute Gasteiger partial charge is 0.507 e. The van der Waals surface area contributed by atoms with Crippen molar-refractivity contribution >= 4 is 41.4 Å². The summed E-state index contributed by atoms with van der Waals surface area (Å²) < 4.78 is 0. The maximum absolute atomic E-state index is 10.2. The minimum Gasteiger partial charge on any atom is -0.507 e. The molecule has 0 aliphatic heterocycles. The fourth-order valence-corrected chi connectivity index (χ4v) is 3.13. The summed E-state index contributed by atoms with van der Waals surface area (Å²) in [6.45, 7) is 10.4. The van der Waals surface area contributed by atoms with Gasteiger partial charge in [-0.3, -0.25) is 0 Å². The Morgan fingerprint density at radius 3 is 2.34 bits per heavy atom. The van der Waals surface area contributed by atoms with E-state index in [9.17, 15) is 5.11 Å². The molecule has 0 saturated heterocycles. The predicted octanol–water partition coefficient (Wildman–Crippen LogP) is 8.82. The normalized spacial score (nSPS) is 13.6. The van der Waals surface area contributed by atoms with Gasteiger partial charge in [-0.2, -0.15) is 0 Å². The van der Waals surface area contributed by atoms with E-state index in [1.807, 2.05) is 36.4 Å². The van der Waals surface area contributed by atoms with Gasteiger partial charge in [0.1, 0.15) is 5.75 Å². The summed E-state index contributed by atoms with van der Waals surface area (Å²) in [5.74, 6) is 0.230. The van der Waals surface area contributed by atoms with Crippen molar-refractivity contribution in [2.24, 2.45) is 5.41 Å². The molecule has 3 heteroatoms. The van der Waals surface area contributed by atoms with E-state index >= 15 is 0 Å². The number of allylic oxidation sites excluding steroid dienone is 4. The van der Waals surface area contributed by atoms with Crippen LogP contribution in [0.2, 0.25) is 10.0 Å². The number of phenols is 1. The molecule has 152 valence electrons. The lowest BCUT2D eigenvalue weighted by Gasteiger charge is -2.20. The molecule has 0 fully saturated rings. The van der Waals surface area contributed by atoms with Gasteiger partial charge >= 0.3 is 0 Å². The zero-order valence-electron chi connectivity index (χ0n) is 17.3. The third-order valence-electron chi connectivity index (χ3n) is 4.81. The lowest BCUT2D eigenvalue weighted by molar-refractivity contribution is 0.474. The zero-order chi connectivity index (χ0) is 21.4. The van der Waals surface area contributed by atoms with E-state index in [0.717, 1.165) is 29.5 Å². The average Bonchev–Trinajstić information content (AvgIpc) is 2.68. The van der Waals surface area contributed by atoms with Crippen molar-refractivity contribution < 1.29 is 5.11 Å². The van der Waals surface area contributed by atoms with Crippen molar-refractivity contribution in [3.05, 3.63) is 93.5 Å². The Balaban J connectivity index is 2.19. The van der Waals surface area contributed by atoms with Gasteiger partial charge in [0, 0.05) is 11.0 Å². The van der Waals surface area contributed by atoms with Crippen LogP contribution in [0.1, 0.15) is 50.3 Å². The van der Waals surface area contributed by atoms with E-state index < -0.39 is 0 Å². The van der Waals surface area contributed by atoms with E-state index in [4.69, 9.17) is 23.2 Å². The van der Waals surface area contributed by atoms with Gasteiger partial charge in [-0.05, 0) is 62.1 Å². The molecule has 0 aliphatic carbocycles. The van der Waals surface area contributed by atoms with E-state index in [2.05, 4.69) is 45.6 Å². The third kappa shape index (κ3) is 7.27. The molecular weight excluding hydrogens is 399 g/mol. The molecule has 0 aromatic heterocycles. The van der Waals surface area contributed by atoms with Crippen LogP contribution in [0.3, 0.4) is 0 Å². The fourth-order valence-electron chi connectivity index (χ4n) is 2.82. The molecular formula is C26H28Cl2O. The number of phenolic OH excluding ortho intramolecular Hbond substituents is 1. The maximum Gasteiger partial charge on any atom is 0.122 e. The Bertz CT molecular complexity index is 949. The molecule has 1 atom stereocenters. The summed E-state index contributed by atoms with van der Waals surface area (Å²) >= 11 is 12.0. The molecule has 0 unspecified atom stereocenters. The van der Waals surface area contributed by atoms with Crippen LogP contribution in [-0.4, -0.2) is 5.11 Å². The Hall–Kier alpha value is -2.22. The second-order valence-electron chi connectivity index (χ2n) is 7.69. The highest BCUT2D eigenvalue weighted by Gasteiger charge is 2.15. The Morgan fingerprint density at radius 2 is 1.69 bits per heavy atom. The van der Waals surface area contributed by atoms with Crippen molar-refractivity contribution in [2.45, 2.75) is 33.6 Å². The summed E-state index contributed by atoms with van der Waals surface area (Å²) in [6, 6.07) is 11.0. The molecule has 2 rings (SSSR count). The maximum atomic E-state index is 10.2. The van der Waals surface area contributed by atoms with Crippen molar-refractivity contribution in [1.82, 2.24) is 0 Å². The SMILES string of the molecule is C=C[C@@](C)(/C=C/c1ccc(O)c(/C=C/c2ccc(Cl)c(Cl)c2)c1)CCC=C(C)C. The first kappa shape index (κ1) is 23.1. The second-order valence-corrected chi connectivity index (χ2v) is 8.50. The van der Waals surface area contributed by atoms with Crippen LogP contribution in [-0.2, 0) is 0 Å². The Labute approximate surface area is 184 Å². The van der Waals surface area contributed by atoms with E-state index in [-0.39, 0.29) is 11.2 Å². The summed E-state index contributed by atoms with van der Waals surface area (Å²) in [7, 11) is 0. The van der Waals surface area contributed by atoms with Crippen LogP contribution < -0.4 is 0 Å². The highest BCUT2D eigenvalue weighted by molar-refractivity contribution is 6.42. The van der Waals surface area contributed by atoms with Gasteiger partial charge in [0.25, 0.3) is 0 Å². The van der Waals surface area contributed by atoms with Crippen LogP contribution in [0.15, 0.2) is 66.8 Å². The Kier molecular flexibility index (Phi) is 8.37. The zero-order valence-corrected chi connectivity index (χ0v) is 18.8. The van der Waals surface area contributed by atoms with Crippen LogP contribution in [0.25, 0.3) is 18.2 Å². The summed E-state index contributed by atoms with van der Waals surface area (Å²) in [5, 5.41) is 11.2. The number of aromatic hydroxyl groups is 1. The monoisotopic (exact) mass is 426 g/mol. The molecule has 2 aromatic rings. The molecule has 0 bridgehead atoms. The smallest absolute Gasteiger partial charge is 0.122 e. The van der Waals surface area contributed by atoms with E-state index in [1.165, 1.54) is 5.57 Å². The minimum absolute atomic E-state index is 0.0834. The highest BCUT2D eigenvalue weighted by Crippen LogP contribution is 2.29. The van der Waals surface area contributed by atoms with Gasteiger partial charge < -0.3 is 5.11 Å². The van der Waals surface area contributed by atoms with Crippen LogP contribution >= 0.6 is 23.2 Å². The number of hydrogen-bond acceptors (Lipinski definition) is 1. The van der Waals surface area contributed by atoms with Crippen molar-refractivity contribution in [3.63, 3.8) is 0 Å². The third-order valence-corrected chi connectivity index (χ3v) is 5.55. The van der Waals surface area contributed by atoms with E-state index in [1.54, 1.807) is 18.2 Å². The second kappa shape index (κ2) is 10.5. The van der Waals surface area contributed by atoms with Crippen LogP contribution in [0, 0.1) is 5.41 Å². The van der Waals surface area contributed by atoms with E-state index in [0.29, 0.717) is 10.0 Å². The molecule has 1 N–H and O–H groups in total. The summed E-state index contributed by atoms with van der Waals surface area (Å²) in [4.78, 5) is 0.